The first-order valence-electron chi connectivity index (χ1n) is 10.6. The third-order valence-electron chi connectivity index (χ3n) is 5.18. The predicted octanol–water partition coefficient (Wildman–Crippen LogP) is 1.37. The molecular formula is C23H32N6O3. The van der Waals surface area contributed by atoms with Crippen LogP contribution in [0.2, 0.25) is 0 Å². The number of aryl methyl sites for hydroxylation is 1. The van der Waals surface area contributed by atoms with Crippen molar-refractivity contribution in [1.82, 2.24) is 20.1 Å². The zero-order valence-corrected chi connectivity index (χ0v) is 18.9. The zero-order chi connectivity index (χ0) is 23.7. The van der Waals surface area contributed by atoms with Gasteiger partial charge in [-0.2, -0.15) is 0 Å². The summed E-state index contributed by atoms with van der Waals surface area (Å²) in [6, 6.07) is 1.90. The first kappa shape index (κ1) is 24.6. The van der Waals surface area contributed by atoms with Crippen molar-refractivity contribution >= 4 is 23.9 Å². The highest BCUT2D eigenvalue weighted by atomic mass is 16.2. The number of nitrogens with one attached hydrogen (secondary N) is 1. The van der Waals surface area contributed by atoms with E-state index in [1.165, 1.54) is 13.1 Å². The molecule has 0 aromatic carbocycles. The van der Waals surface area contributed by atoms with Gasteiger partial charge in [0.2, 0.25) is 12.3 Å². The molecule has 0 fully saturated rings. The van der Waals surface area contributed by atoms with Gasteiger partial charge in [0.15, 0.2) is 0 Å². The van der Waals surface area contributed by atoms with E-state index in [4.69, 9.17) is 11.5 Å². The molecule has 1 aromatic heterocycles. The van der Waals surface area contributed by atoms with E-state index in [-0.39, 0.29) is 18.3 Å². The molecule has 2 heterocycles. The number of hydrogen-bond acceptors (Lipinski definition) is 7. The average molecular weight is 441 g/mol. The maximum Gasteiger partial charge on any atom is 0.276 e. The monoisotopic (exact) mass is 440 g/mol. The van der Waals surface area contributed by atoms with Crippen molar-refractivity contribution in [3.05, 3.63) is 58.8 Å². The highest BCUT2D eigenvalue weighted by Gasteiger charge is 2.27. The molecule has 0 bridgehead atoms. The van der Waals surface area contributed by atoms with Gasteiger partial charge in [0.25, 0.3) is 5.91 Å². The van der Waals surface area contributed by atoms with Crippen molar-refractivity contribution in [1.29, 1.82) is 0 Å². The lowest BCUT2D eigenvalue weighted by atomic mass is 10.0. The van der Waals surface area contributed by atoms with Crippen LogP contribution >= 0.6 is 0 Å². The van der Waals surface area contributed by atoms with Gasteiger partial charge in [0, 0.05) is 37.2 Å². The number of amides is 3. The minimum atomic E-state index is -0.405. The molecule has 1 aliphatic rings. The summed E-state index contributed by atoms with van der Waals surface area (Å²) in [6.45, 7) is 4.38. The summed E-state index contributed by atoms with van der Waals surface area (Å²) >= 11 is 0. The van der Waals surface area contributed by atoms with Gasteiger partial charge in [-0.25, -0.2) is 0 Å². The van der Waals surface area contributed by atoms with Crippen molar-refractivity contribution in [2.75, 3.05) is 20.1 Å². The van der Waals surface area contributed by atoms with Gasteiger partial charge in [-0.3, -0.25) is 24.3 Å². The summed E-state index contributed by atoms with van der Waals surface area (Å²) in [5.41, 5.74) is 15.6. The van der Waals surface area contributed by atoms with E-state index in [1.807, 2.05) is 19.9 Å². The Balaban J connectivity index is 2.13. The number of carbonyl (C=O) groups is 3. The third-order valence-corrected chi connectivity index (χ3v) is 5.18. The van der Waals surface area contributed by atoms with E-state index >= 15 is 0 Å². The number of aromatic nitrogens is 1. The summed E-state index contributed by atoms with van der Waals surface area (Å²) < 4.78 is 0. The molecule has 1 aliphatic heterocycles. The number of carbonyl (C=O) groups excluding carboxylic acids is 3. The highest BCUT2D eigenvalue weighted by Crippen LogP contribution is 2.25. The topological polar surface area (TPSA) is 135 Å². The van der Waals surface area contributed by atoms with Crippen LogP contribution < -0.4 is 16.8 Å². The number of pyridine rings is 1. The van der Waals surface area contributed by atoms with Crippen LogP contribution in [-0.2, 0) is 14.4 Å². The molecule has 5 N–H and O–H groups in total. The molecule has 0 unspecified atom stereocenters. The van der Waals surface area contributed by atoms with Crippen LogP contribution in [0.1, 0.15) is 43.7 Å². The van der Waals surface area contributed by atoms with Crippen molar-refractivity contribution in [3.63, 3.8) is 0 Å². The molecular weight excluding hydrogens is 408 g/mol. The van der Waals surface area contributed by atoms with E-state index in [0.717, 1.165) is 40.9 Å². The Morgan fingerprint density at radius 3 is 2.66 bits per heavy atom. The van der Waals surface area contributed by atoms with E-state index in [0.29, 0.717) is 30.8 Å². The van der Waals surface area contributed by atoms with Gasteiger partial charge >= 0.3 is 0 Å². The molecule has 0 atom stereocenters. The summed E-state index contributed by atoms with van der Waals surface area (Å²) in [5.74, 6) is -0.636. The lowest BCUT2D eigenvalue weighted by Gasteiger charge is -2.28. The molecule has 1 aromatic rings. The fourth-order valence-corrected chi connectivity index (χ4v) is 3.50. The molecule has 9 nitrogen and oxygen atoms in total. The number of allylic oxidation sites excluding steroid dienone is 3. The molecule has 0 radical (unpaired) electrons. The fourth-order valence-electron chi connectivity index (χ4n) is 3.50. The van der Waals surface area contributed by atoms with Crippen molar-refractivity contribution in [3.8, 4) is 0 Å². The smallest absolute Gasteiger partial charge is 0.276 e. The Kier molecular flexibility index (Phi) is 9.00. The van der Waals surface area contributed by atoms with Gasteiger partial charge < -0.3 is 21.7 Å². The summed E-state index contributed by atoms with van der Waals surface area (Å²) in [6.07, 6.45) is 10.2. The van der Waals surface area contributed by atoms with E-state index < -0.39 is 5.91 Å². The Hall–Kier alpha value is -3.62. The molecule has 9 heteroatoms. The second kappa shape index (κ2) is 11.7. The Morgan fingerprint density at radius 1 is 1.25 bits per heavy atom. The van der Waals surface area contributed by atoms with Crippen molar-refractivity contribution in [2.24, 2.45) is 11.5 Å². The second-order valence-corrected chi connectivity index (χ2v) is 7.75. The van der Waals surface area contributed by atoms with Crippen molar-refractivity contribution < 1.29 is 14.4 Å². The van der Waals surface area contributed by atoms with E-state index in [9.17, 15) is 14.4 Å². The van der Waals surface area contributed by atoms with Gasteiger partial charge in [-0.1, -0.05) is 6.92 Å². The number of rotatable bonds is 8. The molecule has 0 spiro atoms. The van der Waals surface area contributed by atoms with Gasteiger partial charge in [-0.15, -0.1) is 0 Å². The molecule has 172 valence electrons. The molecule has 0 saturated carbocycles. The molecule has 3 amide bonds. The van der Waals surface area contributed by atoms with Crippen LogP contribution in [0.15, 0.2) is 47.7 Å². The maximum atomic E-state index is 12.8. The third kappa shape index (κ3) is 6.69. The number of hydrogen-bond donors (Lipinski definition) is 3. The molecule has 32 heavy (non-hydrogen) atoms. The predicted molar refractivity (Wildman–Crippen MR) is 123 cm³/mol. The quantitative estimate of drug-likeness (QED) is 0.410. The van der Waals surface area contributed by atoms with Crippen LogP contribution in [0.4, 0.5) is 0 Å². The molecule has 0 aliphatic carbocycles. The van der Waals surface area contributed by atoms with Crippen molar-refractivity contribution in [2.45, 2.75) is 39.5 Å². The largest absolute Gasteiger partial charge is 0.398 e. The lowest BCUT2D eigenvalue weighted by molar-refractivity contribution is -0.134. The first-order chi connectivity index (χ1) is 15.3. The SMILES string of the molecule is CCC1=C(C(=O)N(C)C=O)N(CC(=O)N/C(N)=C/C=C(\N)c2cncc(C)c2)CCCC1. The highest BCUT2D eigenvalue weighted by molar-refractivity contribution is 5.99. The first-order valence-corrected chi connectivity index (χ1v) is 10.6. The summed E-state index contributed by atoms with van der Waals surface area (Å²) in [4.78, 5) is 43.4. The minimum absolute atomic E-state index is 0.0488. The standard InChI is InChI=1S/C23H32N6O3/c1-4-17-7-5-6-10-29(22(17)23(32)28(3)15-30)14-21(31)27-20(25)9-8-19(24)18-11-16(2)12-26-13-18/h8-9,11-13,15H,4-7,10,14,24-25H2,1-3H3,(H,27,31)/b19-8-,20-9+. The molecule has 2 rings (SSSR count). The van der Waals surface area contributed by atoms with Crippen LogP contribution in [0.5, 0.6) is 0 Å². The number of nitrogens with two attached hydrogens (primary N) is 2. The number of nitrogens with zero attached hydrogens (tertiary/aromatic N) is 3. The van der Waals surface area contributed by atoms with Crippen LogP contribution in [0.3, 0.4) is 0 Å². The van der Waals surface area contributed by atoms with Gasteiger partial charge in [0.05, 0.1) is 6.54 Å². The second-order valence-electron chi connectivity index (χ2n) is 7.75. The molecule has 0 saturated heterocycles. The average Bonchev–Trinajstić information content (AvgIpc) is 2.97. The minimum Gasteiger partial charge on any atom is -0.398 e. The number of likely N-dealkylation sites (N-methyl/N-ethyl adjacent to an activating group) is 1. The summed E-state index contributed by atoms with van der Waals surface area (Å²) in [5, 5.41) is 2.63. The normalized spacial score (nSPS) is 15.3. The van der Waals surface area contributed by atoms with Crippen LogP contribution in [0, 0.1) is 6.92 Å². The van der Waals surface area contributed by atoms with Crippen LogP contribution in [-0.4, -0.2) is 53.1 Å². The Labute approximate surface area is 188 Å². The summed E-state index contributed by atoms with van der Waals surface area (Å²) in [7, 11) is 1.42. The van der Waals surface area contributed by atoms with Gasteiger partial charge in [-0.05, 0) is 62.0 Å². The van der Waals surface area contributed by atoms with Crippen LogP contribution in [0.25, 0.3) is 5.70 Å². The Morgan fingerprint density at radius 2 is 2.00 bits per heavy atom. The maximum absolute atomic E-state index is 12.8. The Bertz CT molecular complexity index is 951. The van der Waals surface area contributed by atoms with E-state index in [2.05, 4.69) is 10.3 Å². The lowest BCUT2D eigenvalue weighted by Crippen LogP contribution is -2.42. The van der Waals surface area contributed by atoms with Gasteiger partial charge in [0.1, 0.15) is 11.5 Å². The fraction of sp³-hybridized carbons (Fsp3) is 0.391. The zero-order valence-electron chi connectivity index (χ0n) is 18.9. The number of imide groups is 1. The van der Waals surface area contributed by atoms with E-state index in [1.54, 1.807) is 23.4 Å².